The Morgan fingerprint density at radius 2 is 1.62 bits per heavy atom. The summed E-state index contributed by atoms with van der Waals surface area (Å²) in [6.45, 7) is 6.74. The number of unbranched alkanes of at least 4 members (excludes halogenated alkanes) is 2. The zero-order chi connectivity index (χ0) is 15.7. The van der Waals surface area contributed by atoms with Crippen molar-refractivity contribution in [3.8, 4) is 0 Å². The van der Waals surface area contributed by atoms with Gasteiger partial charge in [-0.05, 0) is 12.8 Å². The van der Waals surface area contributed by atoms with Crippen molar-refractivity contribution in [3.63, 3.8) is 0 Å². The van der Waals surface area contributed by atoms with Crippen molar-refractivity contribution in [1.29, 1.82) is 0 Å². The lowest BCUT2D eigenvalue weighted by Crippen LogP contribution is -2.54. The van der Waals surface area contributed by atoms with Crippen molar-refractivity contribution in [2.45, 2.75) is 52.0 Å². The van der Waals surface area contributed by atoms with Crippen LogP contribution in [0.3, 0.4) is 0 Å². The first-order valence-corrected chi connectivity index (χ1v) is 8.06. The number of carbonyl (C=O) groups excluding carboxylic acids is 2. The molecule has 0 aromatic heterocycles. The number of hydrogen-bond donors (Lipinski definition) is 1. The summed E-state index contributed by atoms with van der Waals surface area (Å²) in [4.78, 5) is 27.4. The molecule has 1 aliphatic rings. The third kappa shape index (κ3) is 5.91. The summed E-state index contributed by atoms with van der Waals surface area (Å²) in [6.07, 6.45) is 4.36. The van der Waals surface area contributed by atoms with Gasteiger partial charge in [0.2, 0.25) is 5.91 Å². The van der Waals surface area contributed by atoms with E-state index in [4.69, 9.17) is 10.5 Å². The highest BCUT2D eigenvalue weighted by atomic mass is 16.6. The fourth-order valence-corrected chi connectivity index (χ4v) is 2.29. The molecule has 1 unspecified atom stereocenters. The van der Waals surface area contributed by atoms with Crippen LogP contribution in [0.15, 0.2) is 0 Å². The molecular formula is C15H29N3O3. The van der Waals surface area contributed by atoms with Crippen LogP contribution in [0, 0.1) is 0 Å². The fourth-order valence-electron chi connectivity index (χ4n) is 2.29. The molecule has 6 nitrogen and oxygen atoms in total. The van der Waals surface area contributed by atoms with Gasteiger partial charge in [0.1, 0.15) is 0 Å². The van der Waals surface area contributed by atoms with Crippen molar-refractivity contribution in [2.75, 3.05) is 32.8 Å². The van der Waals surface area contributed by atoms with Crippen molar-refractivity contribution in [1.82, 2.24) is 9.80 Å². The summed E-state index contributed by atoms with van der Waals surface area (Å²) in [5.41, 5.74) is 5.91. The first kappa shape index (κ1) is 17.8. The minimum absolute atomic E-state index is 0.00227. The van der Waals surface area contributed by atoms with Crippen LogP contribution in [0.1, 0.15) is 46.0 Å². The number of nitrogens with two attached hydrogens (primary N) is 1. The molecule has 0 aromatic rings. The summed E-state index contributed by atoms with van der Waals surface area (Å²) in [5, 5.41) is 0. The second kappa shape index (κ2) is 9.60. The van der Waals surface area contributed by atoms with Gasteiger partial charge in [-0.25, -0.2) is 4.79 Å². The molecule has 1 aliphatic heterocycles. The Kier molecular flexibility index (Phi) is 8.12. The molecule has 122 valence electrons. The third-order valence-electron chi connectivity index (χ3n) is 3.76. The van der Waals surface area contributed by atoms with Gasteiger partial charge in [0.15, 0.2) is 0 Å². The van der Waals surface area contributed by atoms with Gasteiger partial charge < -0.3 is 20.3 Å². The Morgan fingerprint density at radius 3 is 2.19 bits per heavy atom. The maximum Gasteiger partial charge on any atom is 0.409 e. The van der Waals surface area contributed by atoms with Gasteiger partial charge >= 0.3 is 6.09 Å². The van der Waals surface area contributed by atoms with Crippen molar-refractivity contribution < 1.29 is 14.3 Å². The maximum atomic E-state index is 12.2. The van der Waals surface area contributed by atoms with Gasteiger partial charge in [-0.2, -0.15) is 0 Å². The standard InChI is InChI=1S/C15H29N3O3/c1-3-5-7-13(16)14(19)17-8-10-18(11-9-17)15(20)21-12-6-4-2/h13H,3-12,16H2,1-2H3. The third-order valence-corrected chi connectivity index (χ3v) is 3.76. The lowest BCUT2D eigenvalue weighted by molar-refractivity contribution is -0.134. The lowest BCUT2D eigenvalue weighted by atomic mass is 10.1. The molecule has 1 heterocycles. The number of carbonyl (C=O) groups is 2. The summed E-state index contributed by atoms with van der Waals surface area (Å²) in [5.74, 6) is 0.00227. The molecule has 2 amide bonds. The molecule has 0 saturated carbocycles. The summed E-state index contributed by atoms with van der Waals surface area (Å²) in [7, 11) is 0. The van der Waals surface area contributed by atoms with Gasteiger partial charge in [0.05, 0.1) is 12.6 Å². The maximum absolute atomic E-state index is 12.2. The predicted molar refractivity (Wildman–Crippen MR) is 81.9 cm³/mol. The quantitative estimate of drug-likeness (QED) is 0.724. The van der Waals surface area contributed by atoms with Crippen LogP contribution in [0.5, 0.6) is 0 Å². The van der Waals surface area contributed by atoms with Crippen molar-refractivity contribution in [2.24, 2.45) is 5.73 Å². The van der Waals surface area contributed by atoms with E-state index in [0.717, 1.165) is 32.1 Å². The van der Waals surface area contributed by atoms with E-state index in [1.54, 1.807) is 9.80 Å². The van der Waals surface area contributed by atoms with Crippen LogP contribution < -0.4 is 5.73 Å². The second-order valence-corrected chi connectivity index (χ2v) is 5.53. The van der Waals surface area contributed by atoms with Crippen LogP contribution in [0.2, 0.25) is 0 Å². The summed E-state index contributed by atoms with van der Waals surface area (Å²) >= 11 is 0. The molecule has 0 aromatic carbocycles. The lowest BCUT2D eigenvalue weighted by Gasteiger charge is -2.35. The highest BCUT2D eigenvalue weighted by molar-refractivity contribution is 5.82. The van der Waals surface area contributed by atoms with E-state index >= 15 is 0 Å². The molecular weight excluding hydrogens is 270 g/mol. The van der Waals surface area contributed by atoms with E-state index in [9.17, 15) is 9.59 Å². The molecule has 0 aliphatic carbocycles. The molecule has 6 heteroatoms. The molecule has 1 fully saturated rings. The molecule has 1 atom stereocenters. The molecule has 21 heavy (non-hydrogen) atoms. The number of rotatable bonds is 7. The zero-order valence-electron chi connectivity index (χ0n) is 13.3. The van der Waals surface area contributed by atoms with Gasteiger partial charge in [-0.15, -0.1) is 0 Å². The normalized spacial score (nSPS) is 16.7. The van der Waals surface area contributed by atoms with Crippen LogP contribution in [-0.2, 0) is 9.53 Å². The Balaban J connectivity index is 2.31. The predicted octanol–water partition coefficient (Wildman–Crippen LogP) is 1.58. The van der Waals surface area contributed by atoms with Gasteiger partial charge in [-0.1, -0.05) is 33.1 Å². The van der Waals surface area contributed by atoms with Gasteiger partial charge in [0.25, 0.3) is 0 Å². The number of hydrogen-bond acceptors (Lipinski definition) is 4. The van der Waals surface area contributed by atoms with Crippen molar-refractivity contribution >= 4 is 12.0 Å². The minimum Gasteiger partial charge on any atom is -0.449 e. The van der Waals surface area contributed by atoms with Crippen LogP contribution in [0.4, 0.5) is 4.79 Å². The van der Waals surface area contributed by atoms with Crippen molar-refractivity contribution in [3.05, 3.63) is 0 Å². The van der Waals surface area contributed by atoms with E-state index in [-0.39, 0.29) is 12.0 Å². The molecule has 2 N–H and O–H groups in total. The smallest absolute Gasteiger partial charge is 0.409 e. The van der Waals surface area contributed by atoms with E-state index in [1.165, 1.54) is 0 Å². The van der Waals surface area contributed by atoms with E-state index < -0.39 is 6.04 Å². The Hall–Kier alpha value is -1.30. The Labute approximate surface area is 127 Å². The fraction of sp³-hybridized carbons (Fsp3) is 0.867. The molecule has 0 bridgehead atoms. The zero-order valence-corrected chi connectivity index (χ0v) is 13.3. The topological polar surface area (TPSA) is 75.9 Å². The second-order valence-electron chi connectivity index (χ2n) is 5.53. The average molecular weight is 299 g/mol. The average Bonchev–Trinajstić information content (AvgIpc) is 2.52. The van der Waals surface area contributed by atoms with E-state index in [2.05, 4.69) is 13.8 Å². The number of nitrogens with zero attached hydrogens (tertiary/aromatic N) is 2. The Bertz CT molecular complexity index is 328. The van der Waals surface area contributed by atoms with Crippen LogP contribution >= 0.6 is 0 Å². The molecule has 1 saturated heterocycles. The summed E-state index contributed by atoms with van der Waals surface area (Å²) < 4.78 is 5.18. The highest BCUT2D eigenvalue weighted by Crippen LogP contribution is 2.08. The highest BCUT2D eigenvalue weighted by Gasteiger charge is 2.27. The molecule has 0 radical (unpaired) electrons. The number of amides is 2. The molecule has 1 rings (SSSR count). The van der Waals surface area contributed by atoms with Gasteiger partial charge in [0, 0.05) is 26.2 Å². The Morgan fingerprint density at radius 1 is 1.05 bits per heavy atom. The van der Waals surface area contributed by atoms with E-state index in [0.29, 0.717) is 32.8 Å². The number of piperazine rings is 1. The monoisotopic (exact) mass is 299 g/mol. The number of ether oxygens (including phenoxy) is 1. The molecule has 0 spiro atoms. The van der Waals surface area contributed by atoms with Gasteiger partial charge in [-0.3, -0.25) is 4.79 Å². The van der Waals surface area contributed by atoms with Crippen LogP contribution in [0.25, 0.3) is 0 Å². The SMILES string of the molecule is CCCCOC(=O)N1CCN(C(=O)C(N)CCCC)CC1. The van der Waals surface area contributed by atoms with E-state index in [1.807, 2.05) is 0 Å². The largest absolute Gasteiger partial charge is 0.449 e. The minimum atomic E-state index is -0.409. The summed E-state index contributed by atoms with van der Waals surface area (Å²) in [6, 6.07) is -0.409. The first-order chi connectivity index (χ1) is 10.1. The first-order valence-electron chi connectivity index (χ1n) is 8.06. The van der Waals surface area contributed by atoms with Crippen LogP contribution in [-0.4, -0.2) is 60.6 Å².